The smallest absolute Gasteiger partial charge is 0.223 e. The molecule has 0 fully saturated rings. The van der Waals surface area contributed by atoms with Gasteiger partial charge in [0.05, 0.1) is 77.2 Å². The summed E-state index contributed by atoms with van der Waals surface area (Å²) >= 11 is 0. The number of rotatable bonds is 4. The minimum Gasteiger partial charge on any atom is -0.309 e. The fourth-order valence-electron chi connectivity index (χ4n) is 15.6. The minimum absolute atomic E-state index is 0.597. The molecule has 14 heteroatoms. The molecule has 0 N–H and O–H groups in total. The average molecular weight is 1160 g/mol. The van der Waals surface area contributed by atoms with Crippen molar-refractivity contribution in [1.29, 1.82) is 0 Å². The van der Waals surface area contributed by atoms with Crippen LogP contribution in [0.2, 0.25) is 0 Å². The van der Waals surface area contributed by atoms with Gasteiger partial charge in [-0.2, -0.15) is 0 Å². The van der Waals surface area contributed by atoms with Crippen LogP contribution in [0.1, 0.15) is 0 Å². The van der Waals surface area contributed by atoms with Crippen LogP contribution in [0.4, 0.5) is 0 Å². The number of fused-ring (bicyclic) bond motifs is 27. The first-order valence-corrected chi connectivity index (χ1v) is 30.5. The van der Waals surface area contributed by atoms with E-state index in [1.54, 1.807) is 12.7 Å². The van der Waals surface area contributed by atoms with Gasteiger partial charge in [0.2, 0.25) is 23.1 Å². The molecule has 10 heterocycles. The molecule has 0 atom stereocenters. The maximum Gasteiger partial charge on any atom is 0.223 e. The topological polar surface area (TPSA) is 122 Å². The Balaban J connectivity index is 0.700. The first-order chi connectivity index (χ1) is 45.0. The lowest BCUT2D eigenvalue weighted by Gasteiger charge is -2.10. The van der Waals surface area contributed by atoms with Crippen molar-refractivity contribution in [3.05, 3.63) is 243 Å². The van der Waals surface area contributed by atoms with Gasteiger partial charge in [-0.3, -0.25) is 17.6 Å². The molecule has 0 saturated heterocycles. The maximum atomic E-state index is 5.51. The van der Waals surface area contributed by atoms with Gasteiger partial charge in [-0.1, -0.05) is 121 Å². The molecule has 13 aromatic carbocycles. The first kappa shape index (κ1) is 46.4. The molecule has 0 aliphatic carbocycles. The summed E-state index contributed by atoms with van der Waals surface area (Å²) < 4.78 is 16.1. The number of benzene rings is 13. The van der Waals surface area contributed by atoms with Crippen LogP contribution in [0.5, 0.6) is 0 Å². The highest BCUT2D eigenvalue weighted by Gasteiger charge is 2.28. The number of aromatic nitrogens is 14. The predicted octanol–water partition coefficient (Wildman–Crippen LogP) is 17.5. The van der Waals surface area contributed by atoms with E-state index in [4.69, 9.17) is 19.9 Å². The van der Waals surface area contributed by atoms with Crippen molar-refractivity contribution >= 4 is 165 Å². The summed E-state index contributed by atoms with van der Waals surface area (Å²) in [5.74, 6) is 3.86. The van der Waals surface area contributed by atoms with E-state index in [1.807, 2.05) is 0 Å². The van der Waals surface area contributed by atoms with E-state index in [1.165, 1.54) is 27.2 Å². The molecule has 0 radical (unpaired) electrons. The van der Waals surface area contributed by atoms with Crippen LogP contribution in [-0.4, -0.2) is 65.9 Å². The summed E-state index contributed by atoms with van der Waals surface area (Å²) in [5.41, 5.74) is 22.9. The van der Waals surface area contributed by atoms with Crippen molar-refractivity contribution in [2.75, 3.05) is 0 Å². The molecule has 0 saturated carbocycles. The van der Waals surface area contributed by atoms with Crippen molar-refractivity contribution in [2.24, 2.45) is 0 Å². The van der Waals surface area contributed by atoms with Crippen molar-refractivity contribution < 1.29 is 0 Å². The van der Waals surface area contributed by atoms with Crippen molar-refractivity contribution in [1.82, 2.24) is 65.9 Å². The monoisotopic (exact) mass is 1160 g/mol. The molecule has 10 aromatic heterocycles. The maximum absolute atomic E-state index is 5.51. The van der Waals surface area contributed by atoms with Crippen LogP contribution in [-0.2, 0) is 0 Å². The van der Waals surface area contributed by atoms with Gasteiger partial charge >= 0.3 is 0 Å². The Morgan fingerprint density at radius 1 is 0.242 bits per heavy atom. The number of para-hydroxylation sites is 2. The lowest BCUT2D eigenvalue weighted by molar-refractivity contribution is 1.06. The molecule has 0 aliphatic heterocycles. The SMILES string of the molecule is c1ccc2cc3c(cc2c1)nc1n3c2cc(-c3ccc(-n4c5ccccc5c5ccccc54)cc3)cc3c2n1c1nc2cc4ccc(-c5ccc6cc7nc8n(c7cc6c5)c5cc(-c6ncncn6)cc6c5n8c5nc7cc8ccccc8cc7n65)cc4cc2n31. The highest BCUT2D eigenvalue weighted by molar-refractivity contribution is 6.13. The van der Waals surface area contributed by atoms with Crippen LogP contribution < -0.4 is 0 Å². The Morgan fingerprint density at radius 2 is 0.604 bits per heavy atom. The van der Waals surface area contributed by atoms with Gasteiger partial charge in [0.25, 0.3) is 0 Å². The van der Waals surface area contributed by atoms with Crippen molar-refractivity contribution in [3.63, 3.8) is 0 Å². The molecule has 0 amide bonds. The summed E-state index contributed by atoms with van der Waals surface area (Å²) in [5, 5.41) is 11.6. The molecule has 0 spiro atoms. The second-order valence-electron chi connectivity index (χ2n) is 24.4. The lowest BCUT2D eigenvalue weighted by atomic mass is 9.98. The number of imidazole rings is 8. The number of hydrogen-bond acceptors (Lipinski definition) is 7. The van der Waals surface area contributed by atoms with Crippen molar-refractivity contribution in [3.8, 4) is 39.3 Å². The Kier molecular flexibility index (Phi) is 8.27. The number of hydrogen-bond donors (Lipinski definition) is 0. The third kappa shape index (κ3) is 5.93. The van der Waals surface area contributed by atoms with Crippen molar-refractivity contribution in [2.45, 2.75) is 0 Å². The summed E-state index contributed by atoms with van der Waals surface area (Å²) in [4.78, 5) is 35.1. The average Bonchev–Trinajstić information content (AvgIpc) is 1.52. The van der Waals surface area contributed by atoms with E-state index in [-0.39, 0.29) is 0 Å². The zero-order valence-electron chi connectivity index (χ0n) is 47.9. The Hall–Kier alpha value is -12.8. The van der Waals surface area contributed by atoms with Gasteiger partial charge < -0.3 is 4.57 Å². The second-order valence-corrected chi connectivity index (χ2v) is 24.4. The van der Waals surface area contributed by atoms with E-state index in [0.29, 0.717) is 5.82 Å². The van der Waals surface area contributed by atoms with Crippen LogP contribution in [0, 0.1) is 0 Å². The van der Waals surface area contributed by atoms with Gasteiger partial charge in [-0.25, -0.2) is 43.7 Å². The Morgan fingerprint density at radius 3 is 1.04 bits per heavy atom. The van der Waals surface area contributed by atoms with E-state index >= 15 is 0 Å². The third-order valence-electron chi connectivity index (χ3n) is 19.7. The standard InChI is InChI=1S/C77H40N14/c1-3-11-44-31-63-57(27-42(44)9-1)81-74-86(63)67-35-52(41-21-23-54(24-22-41)85-61-15-7-5-13-55(61)56-14-6-8-16-62(56)85)36-68-71(67)90(74)76-83-59-29-48-19-17-46(25-50(48)33-65(59)88(68)76)47-18-20-49-30-60-66(34-51(49)26-47)89-70-38-53(73-79-39-78-40-80-73)37-69-72(70)91(77(89)84-60)75-82-58-28-43-10-2-4-12-45(43)32-64(58)87(69)75/h1-40H. The lowest BCUT2D eigenvalue weighted by Crippen LogP contribution is -1.93. The summed E-state index contributed by atoms with van der Waals surface area (Å²) in [7, 11) is 0. The Bertz CT molecular complexity index is 7140. The zero-order chi connectivity index (χ0) is 58.6. The summed E-state index contributed by atoms with van der Waals surface area (Å²) in [6, 6.07) is 84.0. The molecule has 23 rings (SSSR count). The molecule has 23 aromatic rings. The molecular formula is C77H40N14. The molecule has 0 bridgehead atoms. The fraction of sp³-hybridized carbons (Fsp3) is 0. The minimum atomic E-state index is 0.597. The molecular weight excluding hydrogens is 1120 g/mol. The largest absolute Gasteiger partial charge is 0.309 e. The van der Waals surface area contributed by atoms with E-state index < -0.39 is 0 Å². The second kappa shape index (κ2) is 16.2. The highest BCUT2D eigenvalue weighted by atomic mass is 15.3. The zero-order valence-corrected chi connectivity index (χ0v) is 47.9. The summed E-state index contributed by atoms with van der Waals surface area (Å²) in [6.45, 7) is 0. The van der Waals surface area contributed by atoms with Crippen LogP contribution >= 0.6 is 0 Å². The van der Waals surface area contributed by atoms with Crippen LogP contribution in [0.3, 0.4) is 0 Å². The first-order valence-electron chi connectivity index (χ1n) is 30.5. The van der Waals surface area contributed by atoms with Gasteiger partial charge in [0.1, 0.15) is 23.7 Å². The van der Waals surface area contributed by atoms with E-state index in [2.05, 4.69) is 276 Å². The van der Waals surface area contributed by atoms with E-state index in [9.17, 15) is 0 Å². The van der Waals surface area contributed by atoms with E-state index in [0.717, 1.165) is 172 Å². The molecule has 0 aliphatic rings. The highest BCUT2D eigenvalue weighted by Crippen LogP contribution is 2.43. The molecule has 0 unspecified atom stereocenters. The normalized spacial score (nSPS) is 12.8. The van der Waals surface area contributed by atoms with Gasteiger partial charge in [-0.05, 0) is 175 Å². The van der Waals surface area contributed by atoms with Gasteiger partial charge in [0.15, 0.2) is 5.82 Å². The number of nitrogens with zero attached hydrogens (tertiary/aromatic N) is 14. The van der Waals surface area contributed by atoms with Gasteiger partial charge in [0, 0.05) is 22.0 Å². The third-order valence-corrected chi connectivity index (χ3v) is 19.7. The van der Waals surface area contributed by atoms with Gasteiger partial charge in [-0.15, -0.1) is 0 Å². The quantitative estimate of drug-likeness (QED) is 0.172. The Labute approximate surface area is 510 Å². The van der Waals surface area contributed by atoms with Crippen LogP contribution in [0.25, 0.3) is 205 Å². The molecule has 91 heavy (non-hydrogen) atoms. The fourth-order valence-corrected chi connectivity index (χ4v) is 15.6. The molecule has 418 valence electrons. The summed E-state index contributed by atoms with van der Waals surface area (Å²) in [6.07, 6.45) is 3.10. The van der Waals surface area contributed by atoms with Crippen LogP contribution in [0.15, 0.2) is 243 Å². The molecule has 14 nitrogen and oxygen atoms in total. The predicted molar refractivity (Wildman–Crippen MR) is 365 cm³/mol.